The van der Waals surface area contributed by atoms with Gasteiger partial charge in [-0.2, -0.15) is 0 Å². The Morgan fingerprint density at radius 1 is 0.973 bits per heavy atom. The molecule has 0 aliphatic carbocycles. The molecule has 2 aromatic rings. The molecule has 11 heteroatoms. The van der Waals surface area contributed by atoms with Crippen LogP contribution in [0.25, 0.3) is 0 Å². The minimum absolute atomic E-state index is 0.150. The average molecular weight is 519 g/mol. The summed E-state index contributed by atoms with van der Waals surface area (Å²) >= 11 is 0. The zero-order valence-electron chi connectivity index (χ0n) is 20.8. The number of aliphatic carboxylic acids is 2. The number of hydrogen-bond donors (Lipinski definition) is 2. The number of carbonyl (C=O) groups excluding carboxylic acids is 2. The quantitative estimate of drug-likeness (QED) is 0.307. The zero-order valence-corrected chi connectivity index (χ0v) is 20.8. The summed E-state index contributed by atoms with van der Waals surface area (Å²) in [5, 5.41) is 15.9. The van der Waals surface area contributed by atoms with Crippen LogP contribution < -0.4 is 0 Å². The lowest BCUT2D eigenvalue weighted by Gasteiger charge is -2.45. The summed E-state index contributed by atoms with van der Waals surface area (Å²) in [5.41, 5.74) is 0.342. The molecule has 0 bridgehead atoms. The van der Waals surface area contributed by atoms with Gasteiger partial charge in [0.25, 0.3) is 0 Å². The highest BCUT2D eigenvalue weighted by Crippen LogP contribution is 2.32. The van der Waals surface area contributed by atoms with Crippen molar-refractivity contribution >= 4 is 23.8 Å². The van der Waals surface area contributed by atoms with Crippen molar-refractivity contribution in [3.05, 3.63) is 71.5 Å². The summed E-state index contributed by atoms with van der Waals surface area (Å²) < 4.78 is 19.1. The van der Waals surface area contributed by atoms with Crippen LogP contribution in [0.15, 0.2) is 54.6 Å². The largest absolute Gasteiger partial charge is 0.473 e. The van der Waals surface area contributed by atoms with Crippen LogP contribution in [0.3, 0.4) is 0 Å². The third kappa shape index (κ3) is 8.36. The maximum atomic E-state index is 14.0. The van der Waals surface area contributed by atoms with Crippen molar-refractivity contribution in [2.45, 2.75) is 38.3 Å². The number of ether oxygens (including phenoxy) is 1. The summed E-state index contributed by atoms with van der Waals surface area (Å²) in [6, 6.07) is 16.4. The number of halogens is 1. The lowest BCUT2D eigenvalue weighted by atomic mass is 9.86. The molecule has 200 valence electrons. The van der Waals surface area contributed by atoms with Crippen molar-refractivity contribution < 1.29 is 43.4 Å². The first kappa shape index (κ1) is 29.4. The first-order valence-electron chi connectivity index (χ1n) is 11.6. The molecule has 0 unspecified atom stereocenters. The standard InChI is InChI=1S/C24H29FN2O4.C2H2O4/c1-19(28)27(31-18-21-10-6-7-11-22(21)25)24(23(29)30-2)13-16-26(17-14-24)15-12-20-8-4-3-5-9-20;3-1(4)2(5)6/h3-11H,12-18H2,1-2H3;(H,3,4)(H,5,6). The molecule has 37 heavy (non-hydrogen) atoms. The van der Waals surface area contributed by atoms with E-state index < -0.39 is 35.2 Å². The number of carbonyl (C=O) groups is 4. The number of esters is 1. The minimum Gasteiger partial charge on any atom is -0.473 e. The lowest BCUT2D eigenvalue weighted by molar-refractivity contribution is -0.240. The monoisotopic (exact) mass is 518 g/mol. The van der Waals surface area contributed by atoms with Gasteiger partial charge in [0.1, 0.15) is 12.4 Å². The van der Waals surface area contributed by atoms with Crippen LogP contribution in [0.4, 0.5) is 4.39 Å². The van der Waals surface area contributed by atoms with Gasteiger partial charge in [-0.1, -0.05) is 48.5 Å². The van der Waals surface area contributed by atoms with Crippen molar-refractivity contribution in [1.82, 2.24) is 9.96 Å². The molecule has 1 heterocycles. The van der Waals surface area contributed by atoms with Gasteiger partial charge in [-0.3, -0.25) is 9.63 Å². The predicted octanol–water partition coefficient (Wildman–Crippen LogP) is 2.51. The number of piperidine rings is 1. The van der Waals surface area contributed by atoms with Gasteiger partial charge in [-0.15, -0.1) is 0 Å². The number of benzene rings is 2. The highest BCUT2D eigenvalue weighted by atomic mass is 19.1. The molecule has 3 rings (SSSR count). The summed E-state index contributed by atoms with van der Waals surface area (Å²) in [6.07, 6.45) is 1.67. The van der Waals surface area contributed by atoms with Crippen molar-refractivity contribution in [3.63, 3.8) is 0 Å². The number of methoxy groups -OCH3 is 1. The van der Waals surface area contributed by atoms with Crippen LogP contribution in [-0.4, -0.2) is 76.3 Å². The number of rotatable bonds is 8. The number of hydrogen-bond acceptors (Lipinski definition) is 7. The summed E-state index contributed by atoms with van der Waals surface area (Å²) in [7, 11) is 1.31. The fraction of sp³-hybridized carbons (Fsp3) is 0.385. The van der Waals surface area contributed by atoms with Gasteiger partial charge in [-0.05, 0) is 30.9 Å². The summed E-state index contributed by atoms with van der Waals surface area (Å²) in [6.45, 7) is 3.29. The molecule has 10 nitrogen and oxygen atoms in total. The second-order valence-corrected chi connectivity index (χ2v) is 8.39. The van der Waals surface area contributed by atoms with E-state index in [9.17, 15) is 14.0 Å². The van der Waals surface area contributed by atoms with E-state index in [1.807, 2.05) is 18.2 Å². The lowest BCUT2D eigenvalue weighted by Crippen LogP contribution is -2.61. The average Bonchev–Trinajstić information content (AvgIpc) is 2.89. The van der Waals surface area contributed by atoms with E-state index in [0.717, 1.165) is 18.0 Å². The smallest absolute Gasteiger partial charge is 0.414 e. The Morgan fingerprint density at radius 3 is 2.05 bits per heavy atom. The topological polar surface area (TPSA) is 134 Å². The molecule has 0 aromatic heterocycles. The Morgan fingerprint density at radius 2 is 1.54 bits per heavy atom. The fourth-order valence-electron chi connectivity index (χ4n) is 4.02. The van der Waals surface area contributed by atoms with Crippen LogP contribution in [-0.2, 0) is 41.8 Å². The number of carboxylic acid groups (broad SMARTS) is 2. The molecule has 2 N–H and O–H groups in total. The molecule has 2 aromatic carbocycles. The Bertz CT molecular complexity index is 1060. The number of nitrogens with zero attached hydrogens (tertiary/aromatic N) is 2. The Kier molecular flexibility index (Phi) is 11.2. The van der Waals surface area contributed by atoms with Crippen molar-refractivity contribution in [3.8, 4) is 0 Å². The first-order valence-corrected chi connectivity index (χ1v) is 11.6. The van der Waals surface area contributed by atoms with E-state index in [1.54, 1.807) is 18.2 Å². The van der Waals surface area contributed by atoms with Gasteiger partial charge in [0.05, 0.1) is 7.11 Å². The van der Waals surface area contributed by atoms with E-state index in [1.165, 1.54) is 25.7 Å². The van der Waals surface area contributed by atoms with Crippen LogP contribution in [0.1, 0.15) is 30.9 Å². The van der Waals surface area contributed by atoms with Crippen LogP contribution >= 0.6 is 0 Å². The van der Waals surface area contributed by atoms with E-state index >= 15 is 0 Å². The van der Waals surface area contributed by atoms with Crippen molar-refractivity contribution in [2.24, 2.45) is 0 Å². The highest BCUT2D eigenvalue weighted by Gasteiger charge is 2.50. The Balaban J connectivity index is 0.000000717. The third-order valence-electron chi connectivity index (χ3n) is 5.97. The molecule has 0 saturated carbocycles. The molecular formula is C26H31FN2O8. The van der Waals surface area contributed by atoms with Crippen LogP contribution in [0.5, 0.6) is 0 Å². The van der Waals surface area contributed by atoms with E-state index in [4.69, 9.17) is 29.4 Å². The SMILES string of the molecule is COC(=O)C1(N(OCc2ccccc2F)C(C)=O)CCN(CCc2ccccc2)CC1.O=C(O)C(=O)O. The number of carboxylic acids is 2. The molecule has 1 aliphatic heterocycles. The highest BCUT2D eigenvalue weighted by molar-refractivity contribution is 6.27. The van der Waals surface area contributed by atoms with Gasteiger partial charge in [0, 0.05) is 32.1 Å². The van der Waals surface area contributed by atoms with Crippen LogP contribution in [0.2, 0.25) is 0 Å². The van der Waals surface area contributed by atoms with E-state index in [2.05, 4.69) is 17.0 Å². The zero-order chi connectivity index (χ0) is 27.4. The third-order valence-corrected chi connectivity index (χ3v) is 5.97. The Labute approximate surface area is 214 Å². The van der Waals surface area contributed by atoms with E-state index in [-0.39, 0.29) is 6.61 Å². The molecule has 0 radical (unpaired) electrons. The van der Waals surface area contributed by atoms with Crippen LogP contribution in [0, 0.1) is 5.82 Å². The normalized spacial score (nSPS) is 14.6. The fourth-order valence-corrected chi connectivity index (χ4v) is 4.02. The van der Waals surface area contributed by atoms with Crippen molar-refractivity contribution in [2.75, 3.05) is 26.7 Å². The summed E-state index contributed by atoms with van der Waals surface area (Å²) in [4.78, 5) is 51.5. The molecule has 0 atom stereocenters. The van der Waals surface area contributed by atoms with Gasteiger partial charge in [0.15, 0.2) is 5.54 Å². The van der Waals surface area contributed by atoms with Gasteiger partial charge in [-0.25, -0.2) is 23.8 Å². The second kappa shape index (κ2) is 14.0. The molecule has 1 amide bonds. The number of hydroxylamine groups is 2. The summed E-state index contributed by atoms with van der Waals surface area (Å²) in [5.74, 6) is -5.00. The van der Waals surface area contributed by atoms with Crippen molar-refractivity contribution in [1.29, 1.82) is 0 Å². The van der Waals surface area contributed by atoms with Gasteiger partial charge >= 0.3 is 17.9 Å². The second-order valence-electron chi connectivity index (χ2n) is 8.39. The molecular weight excluding hydrogens is 487 g/mol. The maximum absolute atomic E-state index is 14.0. The maximum Gasteiger partial charge on any atom is 0.414 e. The first-order chi connectivity index (χ1) is 17.6. The van der Waals surface area contributed by atoms with Gasteiger partial charge in [0.2, 0.25) is 5.91 Å². The number of amides is 1. The molecule has 0 spiro atoms. The molecule has 1 aliphatic rings. The van der Waals surface area contributed by atoms with E-state index in [0.29, 0.717) is 31.5 Å². The minimum atomic E-state index is -1.82. The Hall–Kier alpha value is -3.83. The molecule has 1 fully saturated rings. The predicted molar refractivity (Wildman–Crippen MR) is 130 cm³/mol. The number of likely N-dealkylation sites (tertiary alicyclic amines) is 1. The van der Waals surface area contributed by atoms with Gasteiger partial charge < -0.3 is 19.8 Å². The molecule has 1 saturated heterocycles.